The molecule has 0 bridgehead atoms. The molecule has 1 heterocycles. The average Bonchev–Trinajstić information content (AvgIpc) is 2.89. The number of nitrogens with one attached hydrogen (secondary N) is 2. The number of urea groups is 1. The van der Waals surface area contributed by atoms with Gasteiger partial charge in [-0.05, 0) is 60.5 Å². The summed E-state index contributed by atoms with van der Waals surface area (Å²) in [4.78, 5) is 31.8. The highest BCUT2D eigenvalue weighted by Crippen LogP contribution is 2.20. The highest BCUT2D eigenvalue weighted by atomic mass is 32.2. The number of fused-ring (bicyclic) bond motifs is 1. The number of hydrogen-bond acceptors (Lipinski definition) is 5. The van der Waals surface area contributed by atoms with Crippen LogP contribution in [0.4, 0.5) is 19.4 Å². The van der Waals surface area contributed by atoms with E-state index in [0.717, 1.165) is 29.0 Å². The maximum Gasteiger partial charge on any atom is 0.329 e. The number of pyridine rings is 1. The van der Waals surface area contributed by atoms with Crippen LogP contribution in [0, 0.1) is 18.6 Å². The van der Waals surface area contributed by atoms with Gasteiger partial charge in [0, 0.05) is 27.6 Å². The molecule has 0 saturated heterocycles. The summed E-state index contributed by atoms with van der Waals surface area (Å²) in [5.41, 5.74) is 0.701. The van der Waals surface area contributed by atoms with Crippen molar-refractivity contribution in [3.8, 4) is 0 Å². The SMILES string of the molecule is Cc1ccccc1S(=O)(=O)NC(=O)NC(CCc1cc(F)cc(F)c1)C(=O)N(C)c1cc2ccccc2cn1.[HH].[HH]. The Hall–Kier alpha value is -4.38. The normalized spacial score (nSPS) is 12.1. The van der Waals surface area contributed by atoms with E-state index in [4.69, 9.17) is 0 Å². The highest BCUT2D eigenvalue weighted by molar-refractivity contribution is 7.90. The maximum atomic E-state index is 13.7. The van der Waals surface area contributed by atoms with Crippen molar-refractivity contribution in [1.29, 1.82) is 0 Å². The number of nitrogens with zero attached hydrogens (tertiary/aromatic N) is 2. The lowest BCUT2D eigenvalue weighted by Gasteiger charge is -2.24. The van der Waals surface area contributed by atoms with Gasteiger partial charge < -0.3 is 5.32 Å². The van der Waals surface area contributed by atoms with Crippen molar-refractivity contribution in [2.45, 2.75) is 30.7 Å². The van der Waals surface area contributed by atoms with Crippen LogP contribution in [0.5, 0.6) is 0 Å². The summed E-state index contributed by atoms with van der Waals surface area (Å²) < 4.78 is 54.9. The lowest BCUT2D eigenvalue weighted by atomic mass is 10.0. The van der Waals surface area contributed by atoms with E-state index in [0.29, 0.717) is 11.4 Å². The molecule has 2 N–H and O–H groups in total. The van der Waals surface area contributed by atoms with E-state index < -0.39 is 39.6 Å². The van der Waals surface area contributed by atoms with Gasteiger partial charge in [0.15, 0.2) is 0 Å². The minimum atomic E-state index is -4.24. The summed E-state index contributed by atoms with van der Waals surface area (Å²) in [5, 5.41) is 4.12. The van der Waals surface area contributed by atoms with Gasteiger partial charge in [-0.3, -0.25) is 9.69 Å². The first-order valence-electron chi connectivity index (χ1n) is 12.0. The number of aromatic nitrogens is 1. The molecule has 11 heteroatoms. The van der Waals surface area contributed by atoms with Crippen molar-refractivity contribution in [2.75, 3.05) is 11.9 Å². The van der Waals surface area contributed by atoms with E-state index in [1.54, 1.807) is 31.3 Å². The second-order valence-corrected chi connectivity index (χ2v) is 10.7. The summed E-state index contributed by atoms with van der Waals surface area (Å²) in [6.45, 7) is 1.59. The van der Waals surface area contributed by atoms with Crippen LogP contribution in [0.1, 0.15) is 20.4 Å². The number of carbonyl (C=O) groups is 2. The summed E-state index contributed by atoms with van der Waals surface area (Å²) in [6.07, 6.45) is 1.56. The zero-order valence-corrected chi connectivity index (χ0v) is 22.0. The summed E-state index contributed by atoms with van der Waals surface area (Å²) in [7, 11) is -2.76. The summed E-state index contributed by atoms with van der Waals surface area (Å²) in [6, 6.07) is 15.9. The van der Waals surface area contributed by atoms with E-state index in [-0.39, 0.29) is 26.2 Å². The topological polar surface area (TPSA) is 108 Å². The summed E-state index contributed by atoms with van der Waals surface area (Å²) in [5.74, 6) is -1.85. The van der Waals surface area contributed by atoms with Gasteiger partial charge in [-0.25, -0.2) is 31.7 Å². The second kappa shape index (κ2) is 11.6. The minimum absolute atomic E-state index is 0. The number of aryl methyl sites for hydroxylation is 2. The highest BCUT2D eigenvalue weighted by Gasteiger charge is 2.28. The standard InChI is InChI=1S/C28H26F2N4O4S.2H2/c1-18-7-3-6-10-25(18)39(37,38)33-28(36)32-24(12-11-19-13-22(29)16-23(30)14-19)27(35)34(2)26-15-20-8-4-5-9-21(20)17-31-26;;/h3-10,13-17,24H,11-12H2,1-2H3,(H2,32,33,36);2*1H. The molecule has 3 aromatic carbocycles. The smallest absolute Gasteiger partial charge is 0.325 e. The molecular weight excluding hydrogens is 526 g/mol. The number of likely N-dealkylation sites (N-methyl/N-ethyl adjacent to an activating group) is 1. The van der Waals surface area contributed by atoms with Crippen molar-refractivity contribution < 1.29 is 29.6 Å². The first kappa shape index (κ1) is 27.6. The Bertz CT molecular complexity index is 1640. The lowest BCUT2D eigenvalue weighted by molar-refractivity contribution is -0.120. The number of benzene rings is 3. The van der Waals surface area contributed by atoms with Gasteiger partial charge in [-0.2, -0.15) is 0 Å². The molecule has 39 heavy (non-hydrogen) atoms. The van der Waals surface area contributed by atoms with E-state index in [1.807, 2.05) is 29.0 Å². The fraction of sp³-hybridized carbons (Fsp3) is 0.179. The zero-order chi connectivity index (χ0) is 28.2. The van der Waals surface area contributed by atoms with Crippen LogP contribution in [0.25, 0.3) is 10.8 Å². The Morgan fingerprint density at radius 2 is 1.62 bits per heavy atom. The number of rotatable bonds is 8. The molecule has 0 fully saturated rings. The van der Waals surface area contributed by atoms with Gasteiger partial charge in [0.25, 0.3) is 15.9 Å². The molecule has 1 aromatic heterocycles. The quantitative estimate of drug-likeness (QED) is 0.319. The number of anilines is 1. The fourth-order valence-corrected chi connectivity index (χ4v) is 5.31. The molecule has 0 saturated carbocycles. The van der Waals surface area contributed by atoms with Crippen LogP contribution in [0.2, 0.25) is 0 Å². The Balaban J connectivity index is 0.00000294. The average molecular weight is 557 g/mol. The number of halogens is 2. The van der Waals surface area contributed by atoms with Gasteiger partial charge >= 0.3 is 6.03 Å². The van der Waals surface area contributed by atoms with Crippen LogP contribution in [-0.2, 0) is 21.2 Å². The van der Waals surface area contributed by atoms with E-state index >= 15 is 0 Å². The third-order valence-electron chi connectivity index (χ3n) is 6.15. The number of sulfonamides is 1. The van der Waals surface area contributed by atoms with Crippen molar-refractivity contribution >= 4 is 38.6 Å². The molecule has 206 valence electrons. The fourth-order valence-electron chi connectivity index (χ4n) is 4.15. The lowest BCUT2D eigenvalue weighted by Crippen LogP contribution is -2.52. The van der Waals surface area contributed by atoms with Crippen LogP contribution in [-0.4, -0.2) is 38.4 Å². The van der Waals surface area contributed by atoms with Crippen molar-refractivity contribution in [3.05, 3.63) is 102 Å². The Labute approximate surface area is 227 Å². The predicted octanol–water partition coefficient (Wildman–Crippen LogP) is 4.97. The molecule has 1 unspecified atom stereocenters. The first-order valence-corrected chi connectivity index (χ1v) is 13.5. The van der Waals surface area contributed by atoms with Gasteiger partial charge in [-0.15, -0.1) is 0 Å². The predicted molar refractivity (Wildman–Crippen MR) is 148 cm³/mol. The Kier molecular flexibility index (Phi) is 8.20. The molecule has 4 rings (SSSR count). The summed E-state index contributed by atoms with van der Waals surface area (Å²) >= 11 is 0. The van der Waals surface area contributed by atoms with Gasteiger partial charge in [-0.1, -0.05) is 42.5 Å². The van der Waals surface area contributed by atoms with Crippen LogP contribution in [0.3, 0.4) is 0 Å². The number of hydrogen-bond donors (Lipinski definition) is 2. The Morgan fingerprint density at radius 3 is 2.31 bits per heavy atom. The molecule has 0 spiro atoms. The van der Waals surface area contributed by atoms with Crippen LogP contribution >= 0.6 is 0 Å². The van der Waals surface area contributed by atoms with Crippen molar-refractivity contribution in [3.63, 3.8) is 0 Å². The van der Waals surface area contributed by atoms with Crippen LogP contribution in [0.15, 0.2) is 83.9 Å². The molecule has 1 atom stereocenters. The maximum absolute atomic E-state index is 13.7. The van der Waals surface area contributed by atoms with E-state index in [9.17, 15) is 26.8 Å². The van der Waals surface area contributed by atoms with Gasteiger partial charge in [0.2, 0.25) is 0 Å². The zero-order valence-electron chi connectivity index (χ0n) is 21.2. The number of amides is 3. The largest absolute Gasteiger partial charge is 0.329 e. The molecule has 0 aliphatic rings. The molecule has 0 radical (unpaired) electrons. The monoisotopic (exact) mass is 556 g/mol. The first-order chi connectivity index (χ1) is 18.5. The molecule has 4 aromatic rings. The molecule has 8 nitrogen and oxygen atoms in total. The molecule has 0 aliphatic carbocycles. The molecule has 0 aliphatic heterocycles. The van der Waals surface area contributed by atoms with Crippen molar-refractivity contribution in [2.24, 2.45) is 0 Å². The third kappa shape index (κ3) is 6.74. The molecule has 3 amide bonds. The van der Waals surface area contributed by atoms with Gasteiger partial charge in [0.05, 0.1) is 4.90 Å². The third-order valence-corrected chi connectivity index (χ3v) is 7.64. The van der Waals surface area contributed by atoms with E-state index in [2.05, 4.69) is 10.3 Å². The molecular formula is C28H30F2N4O4S. The Morgan fingerprint density at radius 1 is 0.974 bits per heavy atom. The minimum Gasteiger partial charge on any atom is -0.325 e. The van der Waals surface area contributed by atoms with Crippen molar-refractivity contribution in [1.82, 2.24) is 15.0 Å². The van der Waals surface area contributed by atoms with E-state index in [1.165, 1.54) is 24.1 Å². The van der Waals surface area contributed by atoms with Gasteiger partial charge in [0.1, 0.15) is 23.5 Å². The van der Waals surface area contributed by atoms with Crippen LogP contribution < -0.4 is 14.9 Å². The second-order valence-electron chi connectivity index (χ2n) is 9.00. The number of carbonyl (C=O) groups excluding carboxylic acids is 2.